The van der Waals surface area contributed by atoms with E-state index in [9.17, 15) is 38.4 Å². The van der Waals surface area contributed by atoms with Gasteiger partial charge in [0.2, 0.25) is 0 Å². The smallest absolute Gasteiger partial charge is 0.275 e. The molecule has 0 unspecified atom stereocenters. The van der Waals surface area contributed by atoms with Crippen LogP contribution in [0.1, 0.15) is 11.1 Å². The first-order valence-corrected chi connectivity index (χ1v) is 12.6. The van der Waals surface area contributed by atoms with E-state index in [0.29, 0.717) is 17.8 Å². The quantitative estimate of drug-likeness (QED) is 0.284. The molecule has 4 aliphatic heterocycles. The molecule has 43 heavy (non-hydrogen) atoms. The number of nitrogens with zero attached hydrogens (tertiary/aromatic N) is 2. The van der Waals surface area contributed by atoms with E-state index in [1.54, 1.807) is 48.5 Å². The van der Waals surface area contributed by atoms with Gasteiger partial charge in [0, 0.05) is 35.7 Å². The third-order valence-corrected chi connectivity index (χ3v) is 6.71. The fourth-order valence-electron chi connectivity index (χ4n) is 4.85. The first-order valence-electron chi connectivity index (χ1n) is 12.6. The average Bonchev–Trinajstić information content (AvgIpc) is 3.68. The predicted molar refractivity (Wildman–Crippen MR) is 146 cm³/mol. The molecular weight excluding hydrogens is 560 g/mol. The Balaban J connectivity index is 1.26. The van der Waals surface area contributed by atoms with Crippen molar-refractivity contribution in [2.24, 2.45) is 0 Å². The summed E-state index contributed by atoms with van der Waals surface area (Å²) in [4.78, 5) is 99.2. The Labute approximate surface area is 241 Å². The summed E-state index contributed by atoms with van der Waals surface area (Å²) >= 11 is 0. The second-order valence-corrected chi connectivity index (χ2v) is 9.57. The Morgan fingerprint density at radius 1 is 0.395 bits per heavy atom. The van der Waals surface area contributed by atoms with Crippen molar-refractivity contribution in [3.05, 3.63) is 107 Å². The Hall–Kier alpha value is -6.44. The van der Waals surface area contributed by atoms with Gasteiger partial charge < -0.3 is 9.80 Å². The molecular formula is C29H18N6O8. The van der Waals surface area contributed by atoms with E-state index in [0.717, 1.165) is 35.4 Å². The van der Waals surface area contributed by atoms with Crippen LogP contribution >= 0.6 is 0 Å². The van der Waals surface area contributed by atoms with Crippen LogP contribution in [-0.4, -0.2) is 47.3 Å². The molecule has 4 heterocycles. The minimum absolute atomic E-state index is 0.116. The van der Waals surface area contributed by atoms with Gasteiger partial charge in [-0.05, 0) is 41.8 Å². The van der Waals surface area contributed by atoms with Crippen molar-refractivity contribution >= 4 is 58.6 Å². The summed E-state index contributed by atoms with van der Waals surface area (Å²) in [5.74, 6) is -5.49. The molecule has 14 heteroatoms. The van der Waals surface area contributed by atoms with E-state index in [2.05, 4.69) is 21.3 Å². The maximum atomic E-state index is 12.4. The van der Waals surface area contributed by atoms with Gasteiger partial charge in [-0.25, -0.2) is 0 Å². The number of amides is 8. The summed E-state index contributed by atoms with van der Waals surface area (Å²) in [6.45, 7) is 0. The number of nitrogens with one attached hydrogen (secondary N) is 4. The highest BCUT2D eigenvalue weighted by atomic mass is 16.2. The van der Waals surface area contributed by atoms with E-state index < -0.39 is 47.3 Å². The predicted octanol–water partition coefficient (Wildman–Crippen LogP) is -0.949. The number of rotatable bonds is 8. The maximum absolute atomic E-state index is 12.4. The van der Waals surface area contributed by atoms with Gasteiger partial charge in [-0.15, -0.1) is 0 Å². The molecule has 0 radical (unpaired) electrons. The van der Waals surface area contributed by atoms with Gasteiger partial charge in [0.15, 0.2) is 0 Å². The highest BCUT2D eigenvalue weighted by Crippen LogP contribution is 2.30. The summed E-state index contributed by atoms with van der Waals surface area (Å²) in [5.41, 5.74) is 1.90. The molecule has 0 spiro atoms. The number of imide groups is 4. The SMILES string of the molecule is O=C1C=C(N(C2=CC(=O)NC2=O)c2ccc(Cc3ccc(N(C4=CC(=O)NC4=O)C4=CC(=O)NC4=O)cc3)cc2)C(=O)N1. The molecule has 6 rings (SSSR count). The summed E-state index contributed by atoms with van der Waals surface area (Å²) in [7, 11) is 0. The van der Waals surface area contributed by atoms with Crippen LogP contribution in [-0.2, 0) is 44.8 Å². The number of benzene rings is 2. The van der Waals surface area contributed by atoms with Crippen molar-refractivity contribution in [3.63, 3.8) is 0 Å². The van der Waals surface area contributed by atoms with Gasteiger partial charge in [0.25, 0.3) is 47.3 Å². The molecule has 8 amide bonds. The second-order valence-electron chi connectivity index (χ2n) is 9.57. The molecule has 2 aromatic rings. The molecule has 0 bridgehead atoms. The largest absolute Gasteiger partial charge is 0.300 e. The van der Waals surface area contributed by atoms with Crippen LogP contribution in [0.2, 0.25) is 0 Å². The minimum Gasteiger partial charge on any atom is -0.300 e. The molecule has 0 atom stereocenters. The minimum atomic E-state index is -0.721. The number of carbonyl (C=O) groups is 8. The Kier molecular flexibility index (Phi) is 6.34. The average molecular weight is 578 g/mol. The van der Waals surface area contributed by atoms with Gasteiger partial charge in [0.05, 0.1) is 0 Å². The number of carbonyl (C=O) groups excluding carboxylic acids is 8. The van der Waals surface area contributed by atoms with Gasteiger partial charge >= 0.3 is 0 Å². The van der Waals surface area contributed by atoms with Crippen LogP contribution in [0.5, 0.6) is 0 Å². The lowest BCUT2D eigenvalue weighted by atomic mass is 10.0. The molecule has 14 nitrogen and oxygen atoms in total. The number of anilines is 2. The molecule has 0 fully saturated rings. The summed E-state index contributed by atoms with van der Waals surface area (Å²) in [6, 6.07) is 13.5. The van der Waals surface area contributed by atoms with Gasteiger partial charge in [0.1, 0.15) is 22.8 Å². The number of hydrogen-bond acceptors (Lipinski definition) is 10. The van der Waals surface area contributed by atoms with Crippen LogP contribution < -0.4 is 31.1 Å². The topological polar surface area (TPSA) is 191 Å². The van der Waals surface area contributed by atoms with Crippen molar-refractivity contribution in [2.75, 3.05) is 9.80 Å². The Bertz CT molecular complexity index is 1610. The van der Waals surface area contributed by atoms with Gasteiger partial charge in [-0.3, -0.25) is 59.6 Å². The molecule has 212 valence electrons. The monoisotopic (exact) mass is 578 g/mol. The molecule has 0 aliphatic carbocycles. The highest BCUT2D eigenvalue weighted by Gasteiger charge is 2.36. The van der Waals surface area contributed by atoms with Crippen molar-refractivity contribution in [2.45, 2.75) is 6.42 Å². The standard InChI is InChI=1S/C29H18N6O8/c36-22-10-18(26(40)30-22)34(19-11-23(37)31-27(19)41)16-5-1-14(2-6-16)9-15-3-7-17(8-4-15)35(20-12-24(38)32-28(20)42)21-13-25(39)33-29(21)43/h1-8,10-13H,9H2,(H,30,36,40)(H,31,37,41)(H,32,38,42)(H,33,39,43). The second kappa shape index (κ2) is 10.2. The normalized spacial score (nSPS) is 17.7. The van der Waals surface area contributed by atoms with Crippen molar-refractivity contribution in [1.29, 1.82) is 0 Å². The van der Waals surface area contributed by atoms with Crippen LogP contribution in [0.3, 0.4) is 0 Å². The molecule has 4 aliphatic rings. The molecule has 0 saturated heterocycles. The number of hydrogen-bond donors (Lipinski definition) is 4. The lowest BCUT2D eigenvalue weighted by molar-refractivity contribution is -0.125. The van der Waals surface area contributed by atoms with Gasteiger partial charge in [-0.2, -0.15) is 0 Å². The van der Waals surface area contributed by atoms with E-state index >= 15 is 0 Å². The first-order chi connectivity index (χ1) is 20.6. The molecule has 2 aromatic carbocycles. The zero-order valence-corrected chi connectivity index (χ0v) is 21.8. The fraction of sp³-hybridized carbons (Fsp3) is 0.0345. The maximum Gasteiger partial charge on any atom is 0.275 e. The van der Waals surface area contributed by atoms with Gasteiger partial charge in [-0.1, -0.05) is 24.3 Å². The van der Waals surface area contributed by atoms with Crippen molar-refractivity contribution < 1.29 is 38.4 Å². The van der Waals surface area contributed by atoms with Crippen molar-refractivity contribution in [3.8, 4) is 0 Å². The van der Waals surface area contributed by atoms with E-state index in [4.69, 9.17) is 0 Å². The van der Waals surface area contributed by atoms with E-state index in [-0.39, 0.29) is 22.8 Å². The summed E-state index contributed by atoms with van der Waals surface area (Å²) < 4.78 is 0. The molecule has 0 aromatic heterocycles. The lowest BCUT2D eigenvalue weighted by Crippen LogP contribution is -2.34. The first kappa shape index (κ1) is 26.8. The third-order valence-electron chi connectivity index (χ3n) is 6.71. The third kappa shape index (κ3) is 4.99. The molecule has 4 N–H and O–H groups in total. The lowest BCUT2D eigenvalue weighted by Gasteiger charge is -2.24. The summed E-state index contributed by atoms with van der Waals surface area (Å²) in [5, 5.41) is 8.50. The Morgan fingerprint density at radius 3 is 0.860 bits per heavy atom. The van der Waals surface area contributed by atoms with Crippen LogP contribution in [0.15, 0.2) is 95.6 Å². The van der Waals surface area contributed by atoms with Crippen LogP contribution in [0.4, 0.5) is 11.4 Å². The van der Waals surface area contributed by atoms with Crippen molar-refractivity contribution in [1.82, 2.24) is 21.3 Å². The van der Waals surface area contributed by atoms with E-state index in [1.807, 2.05) is 0 Å². The zero-order chi connectivity index (χ0) is 30.4. The highest BCUT2D eigenvalue weighted by molar-refractivity contribution is 6.24. The zero-order valence-electron chi connectivity index (χ0n) is 21.8. The molecule has 0 saturated carbocycles. The van der Waals surface area contributed by atoms with E-state index in [1.165, 1.54) is 9.80 Å². The summed E-state index contributed by atoms with van der Waals surface area (Å²) in [6.07, 6.45) is 4.59. The van der Waals surface area contributed by atoms with Crippen LogP contribution in [0.25, 0.3) is 0 Å². The Morgan fingerprint density at radius 2 is 0.651 bits per heavy atom. The van der Waals surface area contributed by atoms with Crippen LogP contribution in [0, 0.1) is 0 Å². The fourth-order valence-corrected chi connectivity index (χ4v) is 4.85.